The van der Waals surface area contributed by atoms with Crippen molar-refractivity contribution in [2.24, 2.45) is 0 Å². The van der Waals surface area contributed by atoms with Crippen LogP contribution >= 0.6 is 0 Å². The molecule has 1 aromatic carbocycles. The summed E-state index contributed by atoms with van der Waals surface area (Å²) >= 11 is 0. The quantitative estimate of drug-likeness (QED) is 0.928. The van der Waals surface area contributed by atoms with E-state index in [0.717, 1.165) is 46.9 Å². The van der Waals surface area contributed by atoms with Gasteiger partial charge in [0.2, 0.25) is 0 Å². The van der Waals surface area contributed by atoms with Crippen molar-refractivity contribution in [2.45, 2.75) is 32.1 Å². The van der Waals surface area contributed by atoms with E-state index in [-0.39, 0.29) is 5.41 Å². The van der Waals surface area contributed by atoms with E-state index in [0.29, 0.717) is 0 Å². The number of hydrogen-bond acceptors (Lipinski definition) is 3. The summed E-state index contributed by atoms with van der Waals surface area (Å²) in [5, 5.41) is 9.27. The van der Waals surface area contributed by atoms with Crippen LogP contribution in [0.3, 0.4) is 0 Å². The third kappa shape index (κ3) is 1.87. The lowest BCUT2D eigenvalue weighted by Crippen LogP contribution is -2.04. The molecule has 102 valence electrons. The number of aryl methyl sites for hydroxylation is 2. The Morgan fingerprint density at radius 1 is 1.35 bits per heavy atom. The molecule has 0 amide bonds. The minimum atomic E-state index is -0.371. The lowest BCUT2D eigenvalue weighted by Gasteiger charge is -2.06. The number of nitrogens with one attached hydrogen (secondary N) is 1. The van der Waals surface area contributed by atoms with Crippen molar-refractivity contribution in [3.05, 3.63) is 35.3 Å². The minimum Gasteiger partial charge on any atom is -0.496 e. The van der Waals surface area contributed by atoms with Gasteiger partial charge in [0.1, 0.15) is 17.0 Å². The van der Waals surface area contributed by atoms with Gasteiger partial charge in [-0.05, 0) is 50.5 Å². The molecule has 0 spiro atoms. The maximum atomic E-state index is 9.27. The normalized spacial score (nSPS) is 15.7. The number of methoxy groups -OCH3 is 1. The molecule has 0 aliphatic heterocycles. The van der Waals surface area contributed by atoms with Crippen LogP contribution in [0.15, 0.2) is 18.2 Å². The summed E-state index contributed by atoms with van der Waals surface area (Å²) in [6, 6.07) is 8.40. The number of rotatable bonds is 3. The third-order valence-corrected chi connectivity index (χ3v) is 3.97. The Hall–Kier alpha value is -2.28. The van der Waals surface area contributed by atoms with Gasteiger partial charge in [-0.1, -0.05) is 0 Å². The van der Waals surface area contributed by atoms with Crippen LogP contribution < -0.4 is 4.74 Å². The number of imidazole rings is 1. The molecule has 1 N–H and O–H groups in total. The van der Waals surface area contributed by atoms with E-state index in [1.165, 1.54) is 0 Å². The Morgan fingerprint density at radius 3 is 2.65 bits per heavy atom. The van der Waals surface area contributed by atoms with Gasteiger partial charge in [0.15, 0.2) is 0 Å². The van der Waals surface area contributed by atoms with Gasteiger partial charge in [0.05, 0.1) is 18.9 Å². The maximum absolute atomic E-state index is 9.27. The van der Waals surface area contributed by atoms with Crippen LogP contribution in [-0.2, 0) is 5.41 Å². The SMILES string of the molecule is COc1ccc(-c2nc(C3(C#N)CC3)[nH]c2C)cc1C. The van der Waals surface area contributed by atoms with Crippen molar-refractivity contribution < 1.29 is 4.74 Å². The van der Waals surface area contributed by atoms with E-state index in [1.807, 2.05) is 26.0 Å². The number of nitrogens with zero attached hydrogens (tertiary/aromatic N) is 2. The van der Waals surface area contributed by atoms with Crippen LogP contribution in [0, 0.1) is 25.2 Å². The number of aromatic nitrogens is 2. The van der Waals surface area contributed by atoms with Crippen LogP contribution in [0.5, 0.6) is 5.75 Å². The Labute approximate surface area is 118 Å². The molecule has 0 atom stereocenters. The van der Waals surface area contributed by atoms with Gasteiger partial charge in [-0.15, -0.1) is 0 Å². The van der Waals surface area contributed by atoms with Crippen LogP contribution in [0.1, 0.15) is 29.9 Å². The molecule has 4 heteroatoms. The lowest BCUT2D eigenvalue weighted by molar-refractivity contribution is 0.412. The molecule has 2 aromatic rings. The first-order chi connectivity index (χ1) is 9.59. The molecule has 0 saturated heterocycles. The standard InChI is InChI=1S/C16H17N3O/c1-10-8-12(4-5-13(10)20-3)14-11(2)18-15(19-14)16(9-17)6-7-16/h4-5,8H,6-7H2,1-3H3,(H,18,19). The number of aromatic amines is 1. The molecule has 1 heterocycles. The molecule has 0 bridgehead atoms. The number of ether oxygens (including phenoxy) is 1. The molecule has 0 radical (unpaired) electrons. The fraction of sp³-hybridized carbons (Fsp3) is 0.375. The Bertz CT molecular complexity index is 705. The first kappa shape index (κ1) is 12.7. The molecule has 1 aliphatic carbocycles. The van der Waals surface area contributed by atoms with Gasteiger partial charge >= 0.3 is 0 Å². The highest BCUT2D eigenvalue weighted by Gasteiger charge is 2.48. The summed E-state index contributed by atoms with van der Waals surface area (Å²) in [6.07, 6.45) is 1.80. The summed E-state index contributed by atoms with van der Waals surface area (Å²) in [5.41, 5.74) is 3.69. The molecule has 1 aromatic heterocycles. The number of nitriles is 1. The average Bonchev–Trinajstić information content (AvgIpc) is 3.15. The molecular weight excluding hydrogens is 250 g/mol. The molecule has 0 unspecified atom stereocenters. The minimum absolute atomic E-state index is 0.371. The van der Waals surface area contributed by atoms with Gasteiger partial charge in [-0.2, -0.15) is 5.26 Å². The summed E-state index contributed by atoms with van der Waals surface area (Å²) < 4.78 is 5.28. The predicted molar refractivity (Wildman–Crippen MR) is 76.6 cm³/mol. The molecule has 1 fully saturated rings. The van der Waals surface area contributed by atoms with E-state index in [9.17, 15) is 5.26 Å². The second-order valence-electron chi connectivity index (χ2n) is 5.44. The van der Waals surface area contributed by atoms with Gasteiger partial charge in [0.25, 0.3) is 0 Å². The Balaban J connectivity index is 2.03. The van der Waals surface area contributed by atoms with Gasteiger partial charge in [-0.3, -0.25) is 0 Å². The Morgan fingerprint density at radius 2 is 2.10 bits per heavy atom. The van der Waals surface area contributed by atoms with Crippen LogP contribution in [0.4, 0.5) is 0 Å². The number of H-pyrrole nitrogens is 1. The van der Waals surface area contributed by atoms with Crippen molar-refractivity contribution in [3.63, 3.8) is 0 Å². The summed E-state index contributed by atoms with van der Waals surface area (Å²) in [6.45, 7) is 4.02. The van der Waals surface area contributed by atoms with Gasteiger partial charge < -0.3 is 9.72 Å². The fourth-order valence-electron chi connectivity index (χ4n) is 2.52. The molecule has 4 nitrogen and oxygen atoms in total. The highest BCUT2D eigenvalue weighted by Crippen LogP contribution is 2.46. The van der Waals surface area contributed by atoms with Crippen molar-refractivity contribution in [3.8, 4) is 23.1 Å². The van der Waals surface area contributed by atoms with Crippen molar-refractivity contribution >= 4 is 0 Å². The van der Waals surface area contributed by atoms with Crippen molar-refractivity contribution in [1.82, 2.24) is 9.97 Å². The van der Waals surface area contributed by atoms with E-state index >= 15 is 0 Å². The summed E-state index contributed by atoms with van der Waals surface area (Å²) in [4.78, 5) is 7.94. The fourth-order valence-corrected chi connectivity index (χ4v) is 2.52. The monoisotopic (exact) mass is 267 g/mol. The summed E-state index contributed by atoms with van der Waals surface area (Å²) in [7, 11) is 1.67. The van der Waals surface area contributed by atoms with Crippen LogP contribution in [0.25, 0.3) is 11.3 Å². The highest BCUT2D eigenvalue weighted by atomic mass is 16.5. The first-order valence-corrected chi connectivity index (χ1v) is 6.73. The molecular formula is C16H17N3O. The number of hydrogen-bond donors (Lipinski definition) is 1. The van der Waals surface area contributed by atoms with E-state index in [1.54, 1.807) is 7.11 Å². The number of benzene rings is 1. The second kappa shape index (κ2) is 4.38. The second-order valence-corrected chi connectivity index (χ2v) is 5.44. The highest BCUT2D eigenvalue weighted by molar-refractivity contribution is 5.65. The van der Waals surface area contributed by atoms with E-state index in [2.05, 4.69) is 22.1 Å². The lowest BCUT2D eigenvalue weighted by atomic mass is 10.1. The van der Waals surface area contributed by atoms with E-state index < -0.39 is 0 Å². The molecule has 1 saturated carbocycles. The topological polar surface area (TPSA) is 61.7 Å². The largest absolute Gasteiger partial charge is 0.496 e. The molecule has 20 heavy (non-hydrogen) atoms. The molecule has 1 aliphatic rings. The van der Waals surface area contributed by atoms with E-state index in [4.69, 9.17) is 4.74 Å². The average molecular weight is 267 g/mol. The first-order valence-electron chi connectivity index (χ1n) is 6.73. The van der Waals surface area contributed by atoms with Crippen LogP contribution in [0.2, 0.25) is 0 Å². The van der Waals surface area contributed by atoms with Crippen LogP contribution in [-0.4, -0.2) is 17.1 Å². The zero-order valence-electron chi connectivity index (χ0n) is 11.9. The van der Waals surface area contributed by atoms with Gasteiger partial charge in [0, 0.05) is 11.3 Å². The third-order valence-electron chi connectivity index (χ3n) is 3.97. The summed E-state index contributed by atoms with van der Waals surface area (Å²) in [5.74, 6) is 1.68. The van der Waals surface area contributed by atoms with Crippen molar-refractivity contribution in [2.75, 3.05) is 7.11 Å². The van der Waals surface area contributed by atoms with Crippen molar-refractivity contribution in [1.29, 1.82) is 5.26 Å². The molecule has 3 rings (SSSR count). The zero-order chi connectivity index (χ0) is 14.3. The predicted octanol–water partition coefficient (Wildman–Crippen LogP) is 3.26. The smallest absolute Gasteiger partial charge is 0.127 e. The maximum Gasteiger partial charge on any atom is 0.127 e. The zero-order valence-corrected chi connectivity index (χ0v) is 11.9. The Kier molecular flexibility index (Phi) is 2.79. The van der Waals surface area contributed by atoms with Gasteiger partial charge in [-0.25, -0.2) is 4.98 Å².